The van der Waals surface area contributed by atoms with Crippen molar-refractivity contribution < 1.29 is 9.53 Å². The summed E-state index contributed by atoms with van der Waals surface area (Å²) < 4.78 is 5.23. The second-order valence-electron chi connectivity index (χ2n) is 4.71. The number of rotatable bonds is 6. The van der Waals surface area contributed by atoms with Crippen LogP contribution in [0.3, 0.4) is 0 Å². The third-order valence-electron chi connectivity index (χ3n) is 2.56. The maximum atomic E-state index is 11.8. The van der Waals surface area contributed by atoms with Crippen molar-refractivity contribution in [1.29, 1.82) is 0 Å². The summed E-state index contributed by atoms with van der Waals surface area (Å²) >= 11 is 0. The van der Waals surface area contributed by atoms with E-state index in [0.717, 1.165) is 11.4 Å². The summed E-state index contributed by atoms with van der Waals surface area (Å²) in [4.78, 5) is 11.8. The summed E-state index contributed by atoms with van der Waals surface area (Å²) in [7, 11) is 1.62. The molecule has 1 atom stereocenters. The summed E-state index contributed by atoms with van der Waals surface area (Å²) in [6.07, 6.45) is 0. The predicted molar refractivity (Wildman–Crippen MR) is 73.9 cm³/mol. The molecule has 0 heterocycles. The minimum atomic E-state index is -0.292. The Balaban J connectivity index is 2.58. The van der Waals surface area contributed by atoms with E-state index in [1.807, 2.05) is 31.2 Å². The lowest BCUT2D eigenvalue weighted by molar-refractivity contribution is -0.121. The molecule has 18 heavy (non-hydrogen) atoms. The van der Waals surface area contributed by atoms with Gasteiger partial charge in [-0.25, -0.2) is 0 Å². The van der Waals surface area contributed by atoms with Gasteiger partial charge in [-0.15, -0.1) is 0 Å². The summed E-state index contributed by atoms with van der Waals surface area (Å²) in [6, 6.07) is 7.27. The van der Waals surface area contributed by atoms with Gasteiger partial charge in [0.05, 0.1) is 12.8 Å². The zero-order chi connectivity index (χ0) is 13.5. The van der Waals surface area contributed by atoms with Gasteiger partial charge in [-0.1, -0.05) is 26.0 Å². The molecule has 1 rings (SSSR count). The van der Waals surface area contributed by atoms with Gasteiger partial charge in [-0.3, -0.25) is 4.79 Å². The Morgan fingerprint density at radius 1 is 1.28 bits per heavy atom. The van der Waals surface area contributed by atoms with Gasteiger partial charge in [-0.2, -0.15) is 0 Å². The lowest BCUT2D eigenvalue weighted by Crippen LogP contribution is -2.39. The number of carbonyl (C=O) groups excluding carboxylic acids is 1. The highest BCUT2D eigenvalue weighted by atomic mass is 16.5. The van der Waals surface area contributed by atoms with Crippen LogP contribution in [0.2, 0.25) is 0 Å². The van der Waals surface area contributed by atoms with Crippen LogP contribution < -0.4 is 15.4 Å². The smallest absolute Gasteiger partial charge is 0.242 e. The van der Waals surface area contributed by atoms with Gasteiger partial charge in [-0.05, 0) is 25.0 Å². The minimum Gasteiger partial charge on any atom is -0.495 e. The maximum absolute atomic E-state index is 11.8. The molecule has 2 N–H and O–H groups in total. The maximum Gasteiger partial charge on any atom is 0.242 e. The number of hydrogen-bond acceptors (Lipinski definition) is 3. The van der Waals surface area contributed by atoms with Crippen molar-refractivity contribution in [2.24, 2.45) is 5.92 Å². The Morgan fingerprint density at radius 2 is 1.94 bits per heavy atom. The molecule has 4 nitrogen and oxygen atoms in total. The normalized spacial score (nSPS) is 12.1. The summed E-state index contributed by atoms with van der Waals surface area (Å²) in [6.45, 7) is 6.66. The second kappa shape index (κ2) is 6.89. The van der Waals surface area contributed by atoms with Crippen molar-refractivity contribution in [2.45, 2.75) is 26.8 Å². The number of methoxy groups -OCH3 is 1. The van der Waals surface area contributed by atoms with Crippen molar-refractivity contribution in [3.63, 3.8) is 0 Å². The zero-order valence-corrected chi connectivity index (χ0v) is 11.5. The number of benzene rings is 1. The average molecular weight is 250 g/mol. The van der Waals surface area contributed by atoms with E-state index in [1.165, 1.54) is 0 Å². The summed E-state index contributed by atoms with van der Waals surface area (Å²) in [5.41, 5.74) is 0.826. The fourth-order valence-corrected chi connectivity index (χ4v) is 1.52. The number of hydrogen-bond donors (Lipinski definition) is 2. The molecule has 1 aromatic rings. The molecule has 4 heteroatoms. The summed E-state index contributed by atoms with van der Waals surface area (Å²) in [5, 5.41) is 6.05. The molecule has 0 bridgehead atoms. The Morgan fingerprint density at radius 3 is 2.56 bits per heavy atom. The van der Waals surface area contributed by atoms with Crippen LogP contribution in [0, 0.1) is 5.92 Å². The van der Waals surface area contributed by atoms with Crippen molar-refractivity contribution in [3.05, 3.63) is 24.3 Å². The van der Waals surface area contributed by atoms with Crippen LogP contribution in [0.25, 0.3) is 0 Å². The highest BCUT2D eigenvalue weighted by molar-refractivity contribution is 5.84. The zero-order valence-electron chi connectivity index (χ0n) is 11.5. The number of anilines is 1. The van der Waals surface area contributed by atoms with E-state index >= 15 is 0 Å². The fraction of sp³-hybridized carbons (Fsp3) is 0.500. The number of ether oxygens (including phenoxy) is 1. The van der Waals surface area contributed by atoms with Gasteiger partial charge in [0.2, 0.25) is 5.91 Å². The Labute approximate surface area is 109 Å². The molecule has 0 saturated heterocycles. The fourth-order valence-electron chi connectivity index (χ4n) is 1.52. The van der Waals surface area contributed by atoms with Crippen LogP contribution in [0.1, 0.15) is 20.8 Å². The third kappa shape index (κ3) is 4.28. The topological polar surface area (TPSA) is 50.4 Å². The van der Waals surface area contributed by atoms with Gasteiger partial charge in [0.1, 0.15) is 11.8 Å². The minimum absolute atomic E-state index is 0.00499. The van der Waals surface area contributed by atoms with E-state index < -0.39 is 0 Å². The quantitative estimate of drug-likeness (QED) is 0.814. The standard InChI is InChI=1S/C14H22N2O2/c1-10(2)9-15-14(17)11(3)16-12-7-5-6-8-13(12)18-4/h5-8,10-11,16H,9H2,1-4H3,(H,15,17). The third-order valence-corrected chi connectivity index (χ3v) is 2.56. The molecule has 0 fully saturated rings. The number of para-hydroxylation sites is 2. The van der Waals surface area contributed by atoms with E-state index in [0.29, 0.717) is 12.5 Å². The van der Waals surface area contributed by atoms with Gasteiger partial charge in [0.15, 0.2) is 0 Å². The van der Waals surface area contributed by atoms with E-state index in [2.05, 4.69) is 24.5 Å². The van der Waals surface area contributed by atoms with Crippen molar-refractivity contribution in [1.82, 2.24) is 5.32 Å². The van der Waals surface area contributed by atoms with Gasteiger partial charge >= 0.3 is 0 Å². The van der Waals surface area contributed by atoms with Gasteiger partial charge in [0.25, 0.3) is 0 Å². The predicted octanol–water partition coefficient (Wildman–Crippen LogP) is 2.27. The lowest BCUT2D eigenvalue weighted by atomic mass is 10.2. The molecule has 1 unspecified atom stereocenters. The highest BCUT2D eigenvalue weighted by Crippen LogP contribution is 2.23. The first-order chi connectivity index (χ1) is 8.54. The first-order valence-electron chi connectivity index (χ1n) is 6.22. The van der Waals surface area contributed by atoms with Crippen molar-refractivity contribution in [3.8, 4) is 5.75 Å². The lowest BCUT2D eigenvalue weighted by Gasteiger charge is -2.17. The van der Waals surface area contributed by atoms with Crippen LogP contribution in [0.4, 0.5) is 5.69 Å². The van der Waals surface area contributed by atoms with Crippen molar-refractivity contribution >= 4 is 11.6 Å². The number of amides is 1. The van der Waals surface area contributed by atoms with Crippen molar-refractivity contribution in [2.75, 3.05) is 19.0 Å². The van der Waals surface area contributed by atoms with E-state index in [1.54, 1.807) is 7.11 Å². The van der Waals surface area contributed by atoms with Gasteiger partial charge in [0, 0.05) is 6.54 Å². The Bertz CT molecular complexity index is 391. The number of nitrogens with one attached hydrogen (secondary N) is 2. The summed E-state index contributed by atoms with van der Waals surface area (Å²) in [5.74, 6) is 1.18. The molecule has 100 valence electrons. The van der Waals surface area contributed by atoms with E-state index in [-0.39, 0.29) is 11.9 Å². The Hall–Kier alpha value is -1.71. The van der Waals surface area contributed by atoms with Crippen LogP contribution in [0.15, 0.2) is 24.3 Å². The molecule has 0 aliphatic carbocycles. The second-order valence-corrected chi connectivity index (χ2v) is 4.71. The van der Waals surface area contributed by atoms with Gasteiger partial charge < -0.3 is 15.4 Å². The molecule has 1 amide bonds. The van der Waals surface area contributed by atoms with Crippen LogP contribution in [-0.4, -0.2) is 25.6 Å². The molecule has 0 aliphatic rings. The molecule has 0 spiro atoms. The molecule has 1 aromatic carbocycles. The first kappa shape index (κ1) is 14.4. The van der Waals surface area contributed by atoms with Crippen LogP contribution in [-0.2, 0) is 4.79 Å². The number of carbonyl (C=O) groups is 1. The van der Waals surface area contributed by atoms with E-state index in [9.17, 15) is 4.79 Å². The SMILES string of the molecule is COc1ccccc1NC(C)C(=O)NCC(C)C. The monoisotopic (exact) mass is 250 g/mol. The average Bonchev–Trinajstić information content (AvgIpc) is 2.36. The largest absolute Gasteiger partial charge is 0.495 e. The Kier molecular flexibility index (Phi) is 5.49. The van der Waals surface area contributed by atoms with Crippen LogP contribution >= 0.6 is 0 Å². The van der Waals surface area contributed by atoms with E-state index in [4.69, 9.17) is 4.74 Å². The molecular formula is C14H22N2O2. The first-order valence-corrected chi connectivity index (χ1v) is 6.22. The molecule has 0 radical (unpaired) electrons. The van der Waals surface area contributed by atoms with Crippen LogP contribution in [0.5, 0.6) is 5.75 Å². The molecule has 0 aromatic heterocycles. The molecule has 0 aliphatic heterocycles. The highest BCUT2D eigenvalue weighted by Gasteiger charge is 2.14. The molecular weight excluding hydrogens is 228 g/mol. The molecule has 0 saturated carbocycles.